The van der Waals surface area contributed by atoms with Gasteiger partial charge in [0.05, 0.1) is 0 Å². The molecule has 0 aliphatic heterocycles. The van der Waals surface area contributed by atoms with E-state index in [0.717, 1.165) is 10.9 Å². The first-order valence-corrected chi connectivity index (χ1v) is 6.94. The molecule has 0 radical (unpaired) electrons. The summed E-state index contributed by atoms with van der Waals surface area (Å²) < 4.78 is 20.2. The van der Waals surface area contributed by atoms with Gasteiger partial charge in [-0.3, -0.25) is 4.98 Å². The Morgan fingerprint density at radius 2 is 1.95 bits per heavy atom. The zero-order valence-electron chi connectivity index (χ0n) is 10.5. The lowest BCUT2D eigenvalue weighted by Crippen LogP contribution is -1.99. The number of rotatable bonds is 3. The van der Waals surface area contributed by atoms with Crippen LogP contribution in [0.2, 0.25) is 0 Å². The van der Waals surface area contributed by atoms with Gasteiger partial charge in [0.25, 0.3) is 0 Å². The molecule has 2 nitrogen and oxygen atoms in total. The van der Waals surface area contributed by atoms with Crippen molar-refractivity contribution in [2.24, 2.45) is 0 Å². The third kappa shape index (κ3) is 2.65. The third-order valence-electron chi connectivity index (χ3n) is 2.99. The molecule has 0 saturated heterocycles. The first kappa shape index (κ1) is 13.1. The molecule has 2 aromatic carbocycles. The lowest BCUT2D eigenvalue weighted by Gasteiger charge is -2.09. The fraction of sp³-hybridized carbons (Fsp3) is 0.0625. The Balaban J connectivity index is 1.87. The minimum absolute atomic E-state index is 0.175. The molecule has 0 aliphatic carbocycles. The topological polar surface area (TPSA) is 22.1 Å². The van der Waals surface area contributed by atoms with Crippen molar-refractivity contribution in [2.75, 3.05) is 0 Å². The van der Waals surface area contributed by atoms with Gasteiger partial charge in [0.1, 0.15) is 23.7 Å². The van der Waals surface area contributed by atoms with E-state index in [1.54, 1.807) is 18.3 Å². The molecule has 0 atom stereocenters. The van der Waals surface area contributed by atoms with Crippen LogP contribution < -0.4 is 4.74 Å². The van der Waals surface area contributed by atoms with Gasteiger partial charge >= 0.3 is 0 Å². The SMILES string of the molecule is Fc1cc(Br)ccc1COc1cccc2cccnc12. The van der Waals surface area contributed by atoms with Crippen molar-refractivity contribution < 1.29 is 9.13 Å². The van der Waals surface area contributed by atoms with E-state index in [1.165, 1.54) is 6.07 Å². The summed E-state index contributed by atoms with van der Waals surface area (Å²) in [7, 11) is 0. The predicted molar refractivity (Wildman–Crippen MR) is 80.2 cm³/mol. The Kier molecular flexibility index (Phi) is 3.65. The van der Waals surface area contributed by atoms with Gasteiger partial charge in [0.2, 0.25) is 0 Å². The minimum Gasteiger partial charge on any atom is -0.487 e. The van der Waals surface area contributed by atoms with Crippen molar-refractivity contribution in [3.63, 3.8) is 0 Å². The van der Waals surface area contributed by atoms with E-state index in [4.69, 9.17) is 4.74 Å². The van der Waals surface area contributed by atoms with Gasteiger partial charge in [-0.1, -0.05) is 40.2 Å². The molecule has 1 heterocycles. The number of fused-ring (bicyclic) bond motifs is 1. The Labute approximate surface area is 124 Å². The molecule has 0 bridgehead atoms. The normalized spacial score (nSPS) is 10.7. The summed E-state index contributed by atoms with van der Waals surface area (Å²) in [5.41, 5.74) is 1.30. The molecule has 1 aromatic heterocycles. The van der Waals surface area contributed by atoms with Crippen LogP contribution >= 0.6 is 15.9 Å². The highest BCUT2D eigenvalue weighted by Gasteiger charge is 2.06. The van der Waals surface area contributed by atoms with Crippen LogP contribution in [-0.4, -0.2) is 4.98 Å². The van der Waals surface area contributed by atoms with Gasteiger partial charge in [-0.25, -0.2) is 4.39 Å². The number of aromatic nitrogens is 1. The molecule has 20 heavy (non-hydrogen) atoms. The third-order valence-corrected chi connectivity index (χ3v) is 3.49. The molecule has 0 N–H and O–H groups in total. The number of hydrogen-bond acceptors (Lipinski definition) is 2. The molecule has 0 unspecified atom stereocenters. The lowest BCUT2D eigenvalue weighted by atomic mass is 10.2. The molecule has 0 amide bonds. The molecule has 0 aliphatic rings. The Morgan fingerprint density at radius 1 is 1.10 bits per heavy atom. The second kappa shape index (κ2) is 5.59. The fourth-order valence-electron chi connectivity index (χ4n) is 1.99. The molecule has 0 fully saturated rings. The molecule has 0 saturated carbocycles. The van der Waals surface area contributed by atoms with Crippen LogP contribution in [0.5, 0.6) is 5.75 Å². The Bertz CT molecular complexity index is 755. The van der Waals surface area contributed by atoms with Crippen LogP contribution in [0.1, 0.15) is 5.56 Å². The first-order chi connectivity index (χ1) is 9.74. The molecule has 4 heteroatoms. The van der Waals surface area contributed by atoms with E-state index in [2.05, 4.69) is 20.9 Å². The van der Waals surface area contributed by atoms with Gasteiger partial charge in [-0.2, -0.15) is 0 Å². The zero-order valence-corrected chi connectivity index (χ0v) is 12.1. The average Bonchev–Trinajstić information content (AvgIpc) is 2.46. The second-order valence-electron chi connectivity index (χ2n) is 4.36. The van der Waals surface area contributed by atoms with Crippen LogP contribution in [0, 0.1) is 5.82 Å². The van der Waals surface area contributed by atoms with Crippen LogP contribution in [0.25, 0.3) is 10.9 Å². The molecule has 3 aromatic rings. The van der Waals surface area contributed by atoms with Crippen LogP contribution in [0.15, 0.2) is 59.2 Å². The van der Waals surface area contributed by atoms with Crippen LogP contribution in [-0.2, 0) is 6.61 Å². The van der Waals surface area contributed by atoms with E-state index in [0.29, 0.717) is 15.8 Å². The van der Waals surface area contributed by atoms with Crippen molar-refractivity contribution in [1.82, 2.24) is 4.98 Å². The summed E-state index contributed by atoms with van der Waals surface area (Å²) in [6, 6.07) is 14.5. The number of benzene rings is 2. The van der Waals surface area contributed by atoms with Crippen molar-refractivity contribution in [1.29, 1.82) is 0 Å². The van der Waals surface area contributed by atoms with Gasteiger partial charge in [0.15, 0.2) is 0 Å². The zero-order chi connectivity index (χ0) is 13.9. The standard InChI is InChI=1S/C16H11BrFNO/c17-13-7-6-12(14(18)9-13)10-20-15-5-1-3-11-4-2-8-19-16(11)15/h1-9H,10H2. The van der Waals surface area contributed by atoms with E-state index in [-0.39, 0.29) is 12.4 Å². The Morgan fingerprint density at radius 3 is 2.80 bits per heavy atom. The summed E-state index contributed by atoms with van der Waals surface area (Å²) in [5, 5.41) is 1.00. The highest BCUT2D eigenvalue weighted by atomic mass is 79.9. The van der Waals surface area contributed by atoms with Gasteiger partial charge in [0, 0.05) is 21.6 Å². The summed E-state index contributed by atoms with van der Waals surface area (Å²) in [6.45, 7) is 0.175. The number of para-hydroxylation sites is 1. The molecule has 100 valence electrons. The predicted octanol–water partition coefficient (Wildman–Crippen LogP) is 4.72. The highest BCUT2D eigenvalue weighted by molar-refractivity contribution is 9.10. The molecular weight excluding hydrogens is 321 g/mol. The largest absolute Gasteiger partial charge is 0.487 e. The maximum atomic E-state index is 13.7. The van der Waals surface area contributed by atoms with Crippen LogP contribution in [0.3, 0.4) is 0 Å². The number of nitrogens with zero attached hydrogens (tertiary/aromatic N) is 1. The van der Waals surface area contributed by atoms with Crippen molar-refractivity contribution in [3.8, 4) is 5.75 Å². The maximum absolute atomic E-state index is 13.7. The first-order valence-electron chi connectivity index (χ1n) is 6.14. The number of halogens is 2. The van der Waals surface area contributed by atoms with Gasteiger partial charge < -0.3 is 4.74 Å². The summed E-state index contributed by atoms with van der Waals surface area (Å²) in [4.78, 5) is 4.30. The maximum Gasteiger partial charge on any atom is 0.146 e. The quantitative estimate of drug-likeness (QED) is 0.693. The smallest absolute Gasteiger partial charge is 0.146 e. The van der Waals surface area contributed by atoms with Crippen molar-refractivity contribution in [2.45, 2.75) is 6.61 Å². The van der Waals surface area contributed by atoms with E-state index in [1.807, 2.05) is 30.3 Å². The lowest BCUT2D eigenvalue weighted by molar-refractivity contribution is 0.303. The number of pyridine rings is 1. The fourth-order valence-corrected chi connectivity index (χ4v) is 2.32. The van der Waals surface area contributed by atoms with Crippen molar-refractivity contribution >= 4 is 26.8 Å². The summed E-state index contributed by atoms with van der Waals surface area (Å²) in [5.74, 6) is 0.373. The second-order valence-corrected chi connectivity index (χ2v) is 5.27. The Hall–Kier alpha value is -1.94. The van der Waals surface area contributed by atoms with Crippen LogP contribution in [0.4, 0.5) is 4.39 Å². The summed E-state index contributed by atoms with van der Waals surface area (Å²) in [6.07, 6.45) is 1.72. The highest BCUT2D eigenvalue weighted by Crippen LogP contribution is 2.24. The monoisotopic (exact) mass is 331 g/mol. The molecular formula is C16H11BrFNO. The minimum atomic E-state index is -0.285. The van der Waals surface area contributed by atoms with Gasteiger partial charge in [-0.05, 0) is 24.3 Å². The molecule has 0 spiro atoms. The van der Waals surface area contributed by atoms with Crippen molar-refractivity contribution in [3.05, 3.63) is 70.6 Å². The van der Waals surface area contributed by atoms with Gasteiger partial charge in [-0.15, -0.1) is 0 Å². The summed E-state index contributed by atoms with van der Waals surface area (Å²) >= 11 is 3.23. The molecule has 3 rings (SSSR count). The number of hydrogen-bond donors (Lipinski definition) is 0. The van der Waals surface area contributed by atoms with E-state index >= 15 is 0 Å². The number of ether oxygens (including phenoxy) is 1. The van der Waals surface area contributed by atoms with E-state index < -0.39 is 0 Å². The average molecular weight is 332 g/mol. The van der Waals surface area contributed by atoms with E-state index in [9.17, 15) is 4.39 Å².